The van der Waals surface area contributed by atoms with Gasteiger partial charge in [0.15, 0.2) is 0 Å². The standard InChI is InChI=1S/C23H25BrFN3O4S/c1-2-22(29)28-11-8-16-12-19(24)21(14-20(16)28)33(31,32)27-9-6-15(7-10-27)23(30)26-18-5-3-4-17(25)13-18/h3-5,12-15H,2,6-11H2,1H3,(H,26,30). The lowest BCUT2D eigenvalue weighted by Gasteiger charge is -2.31. The first-order chi connectivity index (χ1) is 15.7. The lowest BCUT2D eigenvalue weighted by Crippen LogP contribution is -2.41. The van der Waals surface area contributed by atoms with Crippen molar-refractivity contribution in [1.82, 2.24) is 4.31 Å². The zero-order valence-corrected chi connectivity index (χ0v) is 20.6. The highest BCUT2D eigenvalue weighted by Gasteiger charge is 2.35. The first-order valence-electron chi connectivity index (χ1n) is 10.9. The number of amides is 2. The fraction of sp³-hybridized carbons (Fsp3) is 0.391. The monoisotopic (exact) mass is 537 g/mol. The van der Waals surface area contributed by atoms with Gasteiger partial charge in [-0.1, -0.05) is 13.0 Å². The third-order valence-corrected chi connectivity index (χ3v) is 9.02. The maximum absolute atomic E-state index is 13.4. The summed E-state index contributed by atoms with van der Waals surface area (Å²) in [6, 6.07) is 9.04. The topological polar surface area (TPSA) is 86.8 Å². The summed E-state index contributed by atoms with van der Waals surface area (Å²) in [4.78, 5) is 26.6. The van der Waals surface area contributed by atoms with E-state index in [-0.39, 0.29) is 35.7 Å². The van der Waals surface area contributed by atoms with Gasteiger partial charge in [0.2, 0.25) is 21.8 Å². The molecule has 2 aliphatic rings. The number of piperidine rings is 1. The second kappa shape index (κ2) is 9.52. The van der Waals surface area contributed by atoms with Crippen molar-refractivity contribution < 1.29 is 22.4 Å². The minimum absolute atomic E-state index is 0.0375. The van der Waals surface area contributed by atoms with Crippen LogP contribution in [0.25, 0.3) is 0 Å². The molecule has 0 aliphatic carbocycles. The van der Waals surface area contributed by atoms with Crippen LogP contribution in [0.1, 0.15) is 31.7 Å². The molecule has 33 heavy (non-hydrogen) atoms. The first-order valence-corrected chi connectivity index (χ1v) is 13.1. The first kappa shape index (κ1) is 23.8. The number of halogens is 2. The molecule has 1 fully saturated rings. The molecule has 0 atom stereocenters. The quantitative estimate of drug-likeness (QED) is 0.626. The summed E-state index contributed by atoms with van der Waals surface area (Å²) in [6.45, 7) is 2.73. The Labute approximate surface area is 201 Å². The van der Waals surface area contributed by atoms with E-state index in [9.17, 15) is 22.4 Å². The zero-order valence-electron chi connectivity index (χ0n) is 18.2. The molecule has 0 saturated carbocycles. The molecule has 0 spiro atoms. The maximum Gasteiger partial charge on any atom is 0.244 e. The third kappa shape index (κ3) is 4.83. The van der Waals surface area contributed by atoms with Crippen molar-refractivity contribution >= 4 is 49.1 Å². The molecule has 4 rings (SSSR count). The number of hydrogen-bond acceptors (Lipinski definition) is 4. The lowest BCUT2D eigenvalue weighted by molar-refractivity contribution is -0.121. The van der Waals surface area contributed by atoms with E-state index >= 15 is 0 Å². The highest BCUT2D eigenvalue weighted by molar-refractivity contribution is 9.10. The van der Waals surface area contributed by atoms with Gasteiger partial charge in [-0.15, -0.1) is 0 Å². The van der Waals surface area contributed by atoms with Crippen LogP contribution >= 0.6 is 15.9 Å². The number of hydrogen-bond donors (Lipinski definition) is 1. The van der Waals surface area contributed by atoms with E-state index in [1.165, 1.54) is 22.5 Å². The number of benzene rings is 2. The van der Waals surface area contributed by atoms with E-state index in [2.05, 4.69) is 21.2 Å². The SMILES string of the molecule is CCC(=O)N1CCc2cc(Br)c(S(=O)(=O)N3CCC(C(=O)Nc4cccc(F)c4)CC3)cc21. The Morgan fingerprint density at radius 3 is 2.55 bits per heavy atom. The number of nitrogens with one attached hydrogen (secondary N) is 1. The molecule has 0 bridgehead atoms. The van der Waals surface area contributed by atoms with Crippen LogP contribution in [0.5, 0.6) is 0 Å². The molecule has 2 aromatic carbocycles. The highest BCUT2D eigenvalue weighted by Crippen LogP contribution is 2.37. The Kier molecular flexibility index (Phi) is 6.88. The van der Waals surface area contributed by atoms with Gasteiger partial charge in [-0.05, 0) is 71.1 Å². The van der Waals surface area contributed by atoms with Gasteiger partial charge >= 0.3 is 0 Å². The van der Waals surface area contributed by atoms with E-state index < -0.39 is 15.8 Å². The van der Waals surface area contributed by atoms with Crippen LogP contribution in [-0.4, -0.2) is 44.2 Å². The molecule has 176 valence electrons. The smallest absolute Gasteiger partial charge is 0.244 e. The Morgan fingerprint density at radius 1 is 1.15 bits per heavy atom. The minimum Gasteiger partial charge on any atom is -0.326 e. The fourth-order valence-corrected chi connectivity index (χ4v) is 6.88. The van der Waals surface area contributed by atoms with Crippen molar-refractivity contribution in [1.29, 1.82) is 0 Å². The molecule has 0 unspecified atom stereocenters. The predicted octanol–water partition coefficient (Wildman–Crippen LogP) is 3.93. The van der Waals surface area contributed by atoms with Crippen molar-refractivity contribution in [2.75, 3.05) is 29.9 Å². The van der Waals surface area contributed by atoms with Crippen LogP contribution in [0, 0.1) is 11.7 Å². The number of nitrogens with zero attached hydrogens (tertiary/aromatic N) is 2. The van der Waals surface area contributed by atoms with Crippen molar-refractivity contribution in [3.05, 3.63) is 52.3 Å². The number of sulfonamides is 1. The summed E-state index contributed by atoms with van der Waals surface area (Å²) in [5.41, 5.74) is 1.96. The second-order valence-corrected chi connectivity index (χ2v) is 11.0. The summed E-state index contributed by atoms with van der Waals surface area (Å²) in [5.74, 6) is -1.08. The third-order valence-electron chi connectivity index (χ3n) is 6.17. The Morgan fingerprint density at radius 2 is 1.88 bits per heavy atom. The molecule has 2 aromatic rings. The van der Waals surface area contributed by atoms with Gasteiger partial charge in [0.1, 0.15) is 5.82 Å². The summed E-state index contributed by atoms with van der Waals surface area (Å²) in [6.07, 6.45) is 1.77. The van der Waals surface area contributed by atoms with Crippen LogP contribution in [0.2, 0.25) is 0 Å². The molecule has 2 aliphatic heterocycles. The Balaban J connectivity index is 1.47. The van der Waals surface area contributed by atoms with Gasteiger partial charge in [-0.25, -0.2) is 12.8 Å². The molecule has 10 heteroatoms. The number of carbonyl (C=O) groups excluding carboxylic acids is 2. The normalized spacial score (nSPS) is 17.1. The summed E-state index contributed by atoms with van der Waals surface area (Å²) < 4.78 is 42.0. The molecule has 1 N–H and O–H groups in total. The minimum atomic E-state index is -3.82. The molecular weight excluding hydrogens is 513 g/mol. The summed E-state index contributed by atoms with van der Waals surface area (Å²) in [7, 11) is -3.82. The predicted molar refractivity (Wildman–Crippen MR) is 127 cm³/mol. The van der Waals surface area contributed by atoms with Gasteiger partial charge in [0.25, 0.3) is 0 Å². The molecule has 7 nitrogen and oxygen atoms in total. The molecule has 2 amide bonds. The van der Waals surface area contributed by atoms with E-state index in [1.807, 2.05) is 0 Å². The maximum atomic E-state index is 13.4. The van der Waals surface area contributed by atoms with Gasteiger partial charge in [-0.2, -0.15) is 4.31 Å². The van der Waals surface area contributed by atoms with Gasteiger partial charge in [0, 0.05) is 47.8 Å². The molecule has 0 aromatic heterocycles. The van der Waals surface area contributed by atoms with E-state index in [0.29, 0.717) is 48.1 Å². The van der Waals surface area contributed by atoms with Crippen LogP contribution in [0.4, 0.5) is 15.8 Å². The average molecular weight is 538 g/mol. The van der Waals surface area contributed by atoms with E-state index in [1.54, 1.807) is 30.0 Å². The Bertz CT molecular complexity index is 1200. The van der Waals surface area contributed by atoms with Crippen molar-refractivity contribution in [3.63, 3.8) is 0 Å². The summed E-state index contributed by atoms with van der Waals surface area (Å²) in [5, 5.41) is 2.70. The van der Waals surface area contributed by atoms with E-state index in [0.717, 1.165) is 5.56 Å². The van der Waals surface area contributed by atoms with Crippen molar-refractivity contribution in [2.45, 2.75) is 37.5 Å². The van der Waals surface area contributed by atoms with Crippen LogP contribution in [-0.2, 0) is 26.0 Å². The lowest BCUT2D eigenvalue weighted by atomic mass is 9.97. The number of fused-ring (bicyclic) bond motifs is 1. The number of rotatable bonds is 5. The Hall–Kier alpha value is -2.30. The van der Waals surface area contributed by atoms with Gasteiger partial charge < -0.3 is 10.2 Å². The molecule has 1 saturated heterocycles. The van der Waals surface area contributed by atoms with Crippen molar-refractivity contribution in [3.8, 4) is 0 Å². The summed E-state index contributed by atoms with van der Waals surface area (Å²) >= 11 is 3.40. The van der Waals surface area contributed by atoms with E-state index in [4.69, 9.17) is 0 Å². The van der Waals surface area contributed by atoms with Crippen molar-refractivity contribution in [2.24, 2.45) is 5.92 Å². The molecule has 0 radical (unpaired) electrons. The number of anilines is 2. The number of carbonyl (C=O) groups is 2. The highest BCUT2D eigenvalue weighted by atomic mass is 79.9. The second-order valence-electron chi connectivity index (χ2n) is 8.24. The van der Waals surface area contributed by atoms with Crippen LogP contribution in [0.3, 0.4) is 0 Å². The van der Waals surface area contributed by atoms with Crippen LogP contribution < -0.4 is 10.2 Å². The zero-order chi connectivity index (χ0) is 23.8. The largest absolute Gasteiger partial charge is 0.326 e. The van der Waals surface area contributed by atoms with Gasteiger partial charge in [0.05, 0.1) is 4.90 Å². The fourth-order valence-electron chi connectivity index (χ4n) is 4.34. The average Bonchev–Trinajstić information content (AvgIpc) is 3.20. The van der Waals surface area contributed by atoms with Crippen LogP contribution in [0.15, 0.2) is 45.8 Å². The molecule has 2 heterocycles. The van der Waals surface area contributed by atoms with Gasteiger partial charge in [-0.3, -0.25) is 9.59 Å². The molecular formula is C23H25BrFN3O4S.